The third-order valence-electron chi connectivity index (χ3n) is 2.21. The van der Waals surface area contributed by atoms with Crippen LogP contribution in [0.15, 0.2) is 22.7 Å². The second-order valence-electron chi connectivity index (χ2n) is 3.65. The molecule has 3 nitrogen and oxygen atoms in total. The molecule has 0 radical (unpaired) electrons. The highest BCUT2D eigenvalue weighted by atomic mass is 79.9. The molecule has 16 heavy (non-hydrogen) atoms. The van der Waals surface area contributed by atoms with Crippen LogP contribution in [0.5, 0.6) is 0 Å². The standard InChI is InChI=1S/C11H13BrFNO2/c12-9-6-7(1-3-10(9)13)5-8(14)2-4-11(15)16/h1,3,6,8H,2,4-5,14H2,(H,15,16). The van der Waals surface area contributed by atoms with Crippen molar-refractivity contribution in [2.75, 3.05) is 0 Å². The van der Waals surface area contributed by atoms with Crippen LogP contribution in [0, 0.1) is 5.82 Å². The number of carboxylic acids is 1. The van der Waals surface area contributed by atoms with Gasteiger partial charge in [0.2, 0.25) is 0 Å². The van der Waals surface area contributed by atoms with Crippen LogP contribution in [0.2, 0.25) is 0 Å². The largest absolute Gasteiger partial charge is 0.481 e. The van der Waals surface area contributed by atoms with E-state index in [-0.39, 0.29) is 18.3 Å². The Morgan fingerprint density at radius 3 is 2.81 bits per heavy atom. The highest BCUT2D eigenvalue weighted by Crippen LogP contribution is 2.18. The van der Waals surface area contributed by atoms with Gasteiger partial charge in [-0.3, -0.25) is 4.79 Å². The Morgan fingerprint density at radius 2 is 2.25 bits per heavy atom. The molecule has 3 N–H and O–H groups in total. The predicted octanol–water partition coefficient (Wildman–Crippen LogP) is 2.32. The van der Waals surface area contributed by atoms with Crippen molar-refractivity contribution in [2.24, 2.45) is 5.73 Å². The van der Waals surface area contributed by atoms with Gasteiger partial charge >= 0.3 is 5.97 Å². The van der Waals surface area contributed by atoms with Gasteiger partial charge in [0.15, 0.2) is 0 Å². The summed E-state index contributed by atoms with van der Waals surface area (Å²) in [6.07, 6.45) is 1.03. The molecule has 1 aromatic rings. The molecule has 1 atom stereocenters. The molecule has 0 spiro atoms. The number of hydrogen-bond donors (Lipinski definition) is 2. The molecule has 0 aromatic heterocycles. The van der Waals surface area contributed by atoms with E-state index in [1.54, 1.807) is 12.1 Å². The van der Waals surface area contributed by atoms with Crippen LogP contribution >= 0.6 is 15.9 Å². The van der Waals surface area contributed by atoms with E-state index in [0.29, 0.717) is 17.3 Å². The second kappa shape index (κ2) is 5.96. The van der Waals surface area contributed by atoms with Crippen LogP contribution in [0.4, 0.5) is 4.39 Å². The lowest BCUT2D eigenvalue weighted by molar-refractivity contribution is -0.137. The zero-order valence-electron chi connectivity index (χ0n) is 8.62. The number of benzene rings is 1. The minimum Gasteiger partial charge on any atom is -0.481 e. The monoisotopic (exact) mass is 289 g/mol. The van der Waals surface area contributed by atoms with E-state index >= 15 is 0 Å². The van der Waals surface area contributed by atoms with Gasteiger partial charge in [0, 0.05) is 12.5 Å². The normalized spacial score (nSPS) is 12.4. The molecule has 0 bridgehead atoms. The second-order valence-corrected chi connectivity index (χ2v) is 4.50. The quantitative estimate of drug-likeness (QED) is 0.874. The summed E-state index contributed by atoms with van der Waals surface area (Å²) in [6, 6.07) is 4.47. The van der Waals surface area contributed by atoms with Gasteiger partial charge in [-0.1, -0.05) is 6.07 Å². The van der Waals surface area contributed by atoms with Gasteiger partial charge in [-0.15, -0.1) is 0 Å². The Hall–Kier alpha value is -0.940. The lowest BCUT2D eigenvalue weighted by Gasteiger charge is -2.10. The molecule has 0 saturated carbocycles. The van der Waals surface area contributed by atoms with E-state index in [0.717, 1.165) is 5.56 Å². The third-order valence-corrected chi connectivity index (χ3v) is 2.82. The minimum atomic E-state index is -0.851. The summed E-state index contributed by atoms with van der Waals surface area (Å²) < 4.78 is 13.3. The first-order valence-corrected chi connectivity index (χ1v) is 5.69. The van der Waals surface area contributed by atoms with Crippen molar-refractivity contribution in [3.63, 3.8) is 0 Å². The fraction of sp³-hybridized carbons (Fsp3) is 0.364. The Balaban J connectivity index is 2.52. The third kappa shape index (κ3) is 4.28. The average Bonchev–Trinajstić information content (AvgIpc) is 2.21. The van der Waals surface area contributed by atoms with Crippen LogP contribution in [-0.2, 0) is 11.2 Å². The summed E-state index contributed by atoms with van der Waals surface area (Å²) in [5.74, 6) is -1.17. The van der Waals surface area contributed by atoms with Crippen molar-refractivity contribution in [1.82, 2.24) is 0 Å². The fourth-order valence-electron chi connectivity index (χ4n) is 1.38. The van der Waals surface area contributed by atoms with Crippen molar-refractivity contribution in [1.29, 1.82) is 0 Å². The zero-order chi connectivity index (χ0) is 12.1. The van der Waals surface area contributed by atoms with Gasteiger partial charge in [-0.25, -0.2) is 4.39 Å². The molecular formula is C11H13BrFNO2. The summed E-state index contributed by atoms with van der Waals surface area (Å²) in [5.41, 5.74) is 6.66. The topological polar surface area (TPSA) is 63.3 Å². The molecule has 5 heteroatoms. The lowest BCUT2D eigenvalue weighted by Crippen LogP contribution is -2.23. The first-order chi connectivity index (χ1) is 7.49. The first kappa shape index (κ1) is 13.1. The number of carboxylic acid groups (broad SMARTS) is 1. The van der Waals surface area contributed by atoms with Gasteiger partial charge < -0.3 is 10.8 Å². The summed E-state index contributed by atoms with van der Waals surface area (Å²) in [5, 5.41) is 8.50. The summed E-state index contributed by atoms with van der Waals surface area (Å²) in [7, 11) is 0. The van der Waals surface area contributed by atoms with Crippen LogP contribution in [0.1, 0.15) is 18.4 Å². The highest BCUT2D eigenvalue weighted by Gasteiger charge is 2.08. The Bertz CT molecular complexity index is 384. The van der Waals surface area contributed by atoms with Gasteiger partial charge in [-0.2, -0.15) is 0 Å². The molecular weight excluding hydrogens is 277 g/mol. The molecule has 0 aliphatic carbocycles. The SMILES string of the molecule is NC(CCC(=O)O)Cc1ccc(F)c(Br)c1. The van der Waals surface area contributed by atoms with Crippen molar-refractivity contribution in [3.05, 3.63) is 34.1 Å². The maximum Gasteiger partial charge on any atom is 0.303 e. The Labute approximate surface area is 102 Å². The highest BCUT2D eigenvalue weighted by molar-refractivity contribution is 9.10. The van der Waals surface area contributed by atoms with E-state index < -0.39 is 5.97 Å². The number of hydrogen-bond acceptors (Lipinski definition) is 2. The van der Waals surface area contributed by atoms with Crippen LogP contribution in [-0.4, -0.2) is 17.1 Å². The molecule has 0 saturated heterocycles. The van der Waals surface area contributed by atoms with Crippen molar-refractivity contribution < 1.29 is 14.3 Å². The molecule has 88 valence electrons. The average molecular weight is 290 g/mol. The maximum atomic E-state index is 12.9. The fourth-order valence-corrected chi connectivity index (χ4v) is 1.81. The van der Waals surface area contributed by atoms with Crippen molar-refractivity contribution in [2.45, 2.75) is 25.3 Å². The molecule has 0 amide bonds. The number of rotatable bonds is 5. The summed E-state index contributed by atoms with van der Waals surface area (Å²) >= 11 is 3.09. The molecule has 0 aliphatic rings. The van der Waals surface area contributed by atoms with Gasteiger partial charge in [0.25, 0.3) is 0 Å². The van der Waals surface area contributed by atoms with Crippen molar-refractivity contribution in [3.8, 4) is 0 Å². The van der Waals surface area contributed by atoms with Gasteiger partial charge in [0.05, 0.1) is 4.47 Å². The van der Waals surface area contributed by atoms with E-state index in [4.69, 9.17) is 10.8 Å². The molecule has 1 aromatic carbocycles. The smallest absolute Gasteiger partial charge is 0.303 e. The number of nitrogens with two attached hydrogens (primary N) is 1. The predicted molar refractivity (Wildman–Crippen MR) is 62.6 cm³/mol. The molecule has 0 heterocycles. The van der Waals surface area contributed by atoms with Gasteiger partial charge in [0.1, 0.15) is 5.82 Å². The molecule has 1 rings (SSSR count). The lowest BCUT2D eigenvalue weighted by atomic mass is 10.0. The molecule has 1 unspecified atom stereocenters. The Kier molecular flexibility index (Phi) is 4.89. The van der Waals surface area contributed by atoms with E-state index in [1.807, 2.05) is 0 Å². The number of aliphatic carboxylic acids is 1. The summed E-state index contributed by atoms with van der Waals surface area (Å²) in [4.78, 5) is 10.3. The Morgan fingerprint density at radius 1 is 1.56 bits per heavy atom. The van der Waals surface area contributed by atoms with Crippen LogP contribution < -0.4 is 5.73 Å². The van der Waals surface area contributed by atoms with Crippen molar-refractivity contribution >= 4 is 21.9 Å². The maximum absolute atomic E-state index is 12.9. The van der Waals surface area contributed by atoms with E-state index in [2.05, 4.69) is 15.9 Å². The molecule has 0 fully saturated rings. The molecule has 0 aliphatic heterocycles. The van der Waals surface area contributed by atoms with E-state index in [9.17, 15) is 9.18 Å². The van der Waals surface area contributed by atoms with E-state index in [1.165, 1.54) is 6.07 Å². The van der Waals surface area contributed by atoms with Crippen LogP contribution in [0.3, 0.4) is 0 Å². The summed E-state index contributed by atoms with van der Waals surface area (Å²) in [6.45, 7) is 0. The zero-order valence-corrected chi connectivity index (χ0v) is 10.2. The van der Waals surface area contributed by atoms with Crippen LogP contribution in [0.25, 0.3) is 0 Å². The van der Waals surface area contributed by atoms with Gasteiger partial charge in [-0.05, 0) is 46.5 Å². The minimum absolute atomic E-state index is 0.0591. The first-order valence-electron chi connectivity index (χ1n) is 4.90. The number of halogens is 2. The number of carbonyl (C=O) groups is 1.